The summed E-state index contributed by atoms with van der Waals surface area (Å²) in [6.07, 6.45) is 0. The summed E-state index contributed by atoms with van der Waals surface area (Å²) < 4.78 is 26.6. The molecule has 0 bridgehead atoms. The predicted octanol–water partition coefficient (Wildman–Crippen LogP) is 2.19. The molecule has 1 aromatic carbocycles. The van der Waals surface area contributed by atoms with E-state index in [1.54, 1.807) is 29.2 Å². The van der Waals surface area contributed by atoms with E-state index >= 15 is 0 Å². The average molecular weight is 446 g/mol. The van der Waals surface area contributed by atoms with Gasteiger partial charge in [-0.15, -0.1) is 0 Å². The van der Waals surface area contributed by atoms with Gasteiger partial charge in [0.15, 0.2) is 0 Å². The van der Waals surface area contributed by atoms with Gasteiger partial charge in [-0.3, -0.25) is 4.79 Å². The topological polar surface area (TPSA) is 86.7 Å². The van der Waals surface area contributed by atoms with Gasteiger partial charge in [0.1, 0.15) is 11.6 Å². The molecule has 1 aromatic heterocycles. The quantitative estimate of drug-likeness (QED) is 0.677. The van der Waals surface area contributed by atoms with Gasteiger partial charge in [0, 0.05) is 50.9 Å². The maximum Gasteiger partial charge on any atom is 0.243 e. The third kappa shape index (κ3) is 5.40. The normalized spacial score (nSPS) is 15.1. The Morgan fingerprint density at radius 2 is 1.68 bits per heavy atom. The number of likely N-dealkylation sites (N-methyl/N-ethyl adjacent to an activating group) is 1. The summed E-state index contributed by atoms with van der Waals surface area (Å²) in [5.41, 5.74) is 1.91. The number of rotatable bonds is 6. The lowest BCUT2D eigenvalue weighted by Gasteiger charge is -2.36. The Kier molecular flexibility index (Phi) is 6.96. The van der Waals surface area contributed by atoms with Crippen molar-refractivity contribution >= 4 is 21.7 Å². The first-order valence-corrected chi connectivity index (χ1v) is 11.9. The van der Waals surface area contributed by atoms with Crippen molar-refractivity contribution in [2.45, 2.75) is 38.5 Å². The first kappa shape index (κ1) is 23.1. The molecule has 8 nitrogen and oxygen atoms in total. The molecule has 0 saturated carbocycles. The summed E-state index contributed by atoms with van der Waals surface area (Å²) in [5, 5.41) is 0. The van der Waals surface area contributed by atoms with E-state index in [0.717, 1.165) is 27.2 Å². The van der Waals surface area contributed by atoms with Crippen LogP contribution in [0, 0.1) is 13.8 Å². The van der Waals surface area contributed by atoms with Crippen molar-refractivity contribution in [3.8, 4) is 0 Å². The van der Waals surface area contributed by atoms with Crippen molar-refractivity contribution in [3.05, 3.63) is 47.4 Å². The molecule has 1 aliphatic rings. The van der Waals surface area contributed by atoms with E-state index in [4.69, 9.17) is 0 Å². The molecular formula is C22H31N5O3S. The second-order valence-electron chi connectivity index (χ2n) is 8.32. The number of amides is 1. The fourth-order valence-electron chi connectivity index (χ4n) is 3.45. The summed E-state index contributed by atoms with van der Waals surface area (Å²) in [4.78, 5) is 26.0. The lowest BCUT2D eigenvalue weighted by atomic mass is 10.2. The highest BCUT2D eigenvalue weighted by molar-refractivity contribution is 7.89. The number of hydrogen-bond acceptors (Lipinski definition) is 6. The fourth-order valence-corrected chi connectivity index (χ4v) is 4.57. The summed E-state index contributed by atoms with van der Waals surface area (Å²) in [7, 11) is -2.26. The molecule has 1 saturated heterocycles. The van der Waals surface area contributed by atoms with Crippen molar-refractivity contribution in [1.82, 2.24) is 19.2 Å². The van der Waals surface area contributed by atoms with Crippen LogP contribution < -0.4 is 4.90 Å². The first-order valence-electron chi connectivity index (χ1n) is 10.5. The standard InChI is InChI=1S/C22H31N5O3S/c1-16(2)22-23-18(4)14-20(24-22)26-10-12-27(13-11-26)21(28)15-25(5)31(29,30)19-8-6-17(3)7-9-19/h6-9,14,16H,10-13,15H2,1-5H3. The van der Waals surface area contributed by atoms with Gasteiger partial charge in [0.2, 0.25) is 15.9 Å². The molecule has 9 heteroatoms. The van der Waals surface area contributed by atoms with Gasteiger partial charge >= 0.3 is 0 Å². The number of hydrogen-bond donors (Lipinski definition) is 0. The van der Waals surface area contributed by atoms with Crippen LogP contribution in [-0.2, 0) is 14.8 Å². The predicted molar refractivity (Wildman–Crippen MR) is 121 cm³/mol. The van der Waals surface area contributed by atoms with Gasteiger partial charge in [0.25, 0.3) is 0 Å². The van der Waals surface area contributed by atoms with Gasteiger partial charge in [-0.25, -0.2) is 18.4 Å². The largest absolute Gasteiger partial charge is 0.353 e. The molecule has 3 rings (SSSR count). The number of aryl methyl sites for hydroxylation is 2. The van der Waals surface area contributed by atoms with Crippen molar-refractivity contribution in [2.75, 3.05) is 44.7 Å². The SMILES string of the molecule is Cc1ccc(S(=O)(=O)N(C)CC(=O)N2CCN(c3cc(C)nc(C(C)C)n3)CC2)cc1. The molecule has 1 aliphatic heterocycles. The van der Waals surface area contributed by atoms with Crippen LogP contribution in [0.1, 0.15) is 36.8 Å². The van der Waals surface area contributed by atoms with Crippen LogP contribution in [0.3, 0.4) is 0 Å². The number of anilines is 1. The van der Waals surface area contributed by atoms with Gasteiger partial charge in [-0.2, -0.15) is 4.31 Å². The summed E-state index contributed by atoms with van der Waals surface area (Å²) in [6.45, 7) is 10.2. The molecule has 31 heavy (non-hydrogen) atoms. The molecule has 2 aromatic rings. The van der Waals surface area contributed by atoms with Crippen molar-refractivity contribution in [2.24, 2.45) is 0 Å². The Bertz CT molecular complexity index is 1030. The van der Waals surface area contributed by atoms with Crippen LogP contribution >= 0.6 is 0 Å². The van der Waals surface area contributed by atoms with Crippen LogP contribution in [0.4, 0.5) is 5.82 Å². The molecule has 0 aliphatic carbocycles. The molecule has 168 valence electrons. The lowest BCUT2D eigenvalue weighted by Crippen LogP contribution is -2.51. The highest BCUT2D eigenvalue weighted by Gasteiger charge is 2.27. The Morgan fingerprint density at radius 3 is 2.26 bits per heavy atom. The zero-order valence-corrected chi connectivity index (χ0v) is 19.7. The summed E-state index contributed by atoms with van der Waals surface area (Å²) in [5.74, 6) is 1.74. The van der Waals surface area contributed by atoms with E-state index < -0.39 is 10.0 Å². The second-order valence-corrected chi connectivity index (χ2v) is 10.4. The molecule has 0 atom stereocenters. The van der Waals surface area contributed by atoms with E-state index in [9.17, 15) is 13.2 Å². The number of piperazine rings is 1. The number of aromatic nitrogens is 2. The Morgan fingerprint density at radius 1 is 1.06 bits per heavy atom. The van der Waals surface area contributed by atoms with Crippen LogP contribution in [0.15, 0.2) is 35.2 Å². The number of nitrogens with zero attached hydrogens (tertiary/aromatic N) is 5. The van der Waals surface area contributed by atoms with E-state index in [0.29, 0.717) is 26.2 Å². The minimum atomic E-state index is -3.70. The minimum absolute atomic E-state index is 0.180. The molecule has 1 amide bonds. The lowest BCUT2D eigenvalue weighted by molar-refractivity contribution is -0.131. The summed E-state index contributed by atoms with van der Waals surface area (Å²) in [6, 6.07) is 8.60. The monoisotopic (exact) mass is 445 g/mol. The maximum absolute atomic E-state index is 12.8. The van der Waals surface area contributed by atoms with E-state index in [-0.39, 0.29) is 23.3 Å². The fraction of sp³-hybridized carbons (Fsp3) is 0.500. The van der Waals surface area contributed by atoms with Gasteiger partial charge in [0.05, 0.1) is 11.4 Å². The summed E-state index contributed by atoms with van der Waals surface area (Å²) >= 11 is 0. The Labute approximate surface area is 185 Å². The highest BCUT2D eigenvalue weighted by atomic mass is 32.2. The smallest absolute Gasteiger partial charge is 0.243 e. The van der Waals surface area contributed by atoms with Crippen molar-refractivity contribution in [1.29, 1.82) is 0 Å². The molecule has 0 radical (unpaired) electrons. The molecule has 0 unspecified atom stereocenters. The van der Waals surface area contributed by atoms with Gasteiger partial charge in [-0.05, 0) is 26.0 Å². The maximum atomic E-state index is 12.8. The number of carbonyl (C=O) groups excluding carboxylic acids is 1. The number of benzene rings is 1. The van der Waals surface area contributed by atoms with Crippen molar-refractivity contribution < 1.29 is 13.2 Å². The van der Waals surface area contributed by atoms with Crippen LogP contribution in [0.5, 0.6) is 0 Å². The zero-order valence-electron chi connectivity index (χ0n) is 18.9. The van der Waals surface area contributed by atoms with Crippen LogP contribution in [0.25, 0.3) is 0 Å². The van der Waals surface area contributed by atoms with E-state index in [1.807, 2.05) is 19.9 Å². The molecule has 0 N–H and O–H groups in total. The van der Waals surface area contributed by atoms with E-state index in [2.05, 4.69) is 28.7 Å². The molecule has 0 spiro atoms. The highest BCUT2D eigenvalue weighted by Crippen LogP contribution is 2.19. The third-order valence-corrected chi connectivity index (χ3v) is 7.24. The third-order valence-electron chi connectivity index (χ3n) is 5.42. The van der Waals surface area contributed by atoms with E-state index in [1.165, 1.54) is 7.05 Å². The second kappa shape index (κ2) is 9.32. The first-order chi connectivity index (χ1) is 14.6. The van der Waals surface area contributed by atoms with Gasteiger partial charge < -0.3 is 9.80 Å². The number of sulfonamides is 1. The van der Waals surface area contributed by atoms with Crippen LogP contribution in [-0.4, -0.2) is 73.3 Å². The Hall–Kier alpha value is -2.52. The van der Waals surface area contributed by atoms with Crippen LogP contribution in [0.2, 0.25) is 0 Å². The Balaban J connectivity index is 1.61. The van der Waals surface area contributed by atoms with Crippen molar-refractivity contribution in [3.63, 3.8) is 0 Å². The van der Waals surface area contributed by atoms with Gasteiger partial charge in [-0.1, -0.05) is 31.5 Å². The molecule has 2 heterocycles. The molecular weight excluding hydrogens is 414 g/mol. The zero-order chi connectivity index (χ0) is 22.8. The molecule has 1 fully saturated rings. The average Bonchev–Trinajstić information content (AvgIpc) is 2.73. The number of carbonyl (C=O) groups is 1. The minimum Gasteiger partial charge on any atom is -0.353 e.